The summed E-state index contributed by atoms with van der Waals surface area (Å²) >= 11 is 0. The van der Waals surface area contributed by atoms with E-state index in [1.807, 2.05) is 0 Å². The van der Waals surface area contributed by atoms with Gasteiger partial charge < -0.3 is 19.8 Å². The Balaban J connectivity index is 1.44. The molecule has 11 nitrogen and oxygen atoms in total. The summed E-state index contributed by atoms with van der Waals surface area (Å²) in [7, 11) is 0. The molecule has 2 atom stereocenters. The molecule has 168 valence electrons. The van der Waals surface area contributed by atoms with Gasteiger partial charge in [-0.3, -0.25) is 4.90 Å². The standard InChI is InChI=1S/C22H20N6O5/c29-22(30)14-6-4-13(5-7-14)10-27-11-18-17(23-12-24-18)9-19(27)21-25-20(26-33-21)15-2-1-3-16(8-15)28(31)32/h1-8,12,19,28,31H,9-11H2,(H,23,24)(H,29,30)/t19-/m0/s1. The fourth-order valence-electron chi connectivity index (χ4n) is 3.96. The van der Waals surface area contributed by atoms with Crippen molar-refractivity contribution in [3.63, 3.8) is 0 Å². The number of aromatic nitrogens is 4. The summed E-state index contributed by atoms with van der Waals surface area (Å²) in [5.41, 5.74) is 3.80. The van der Waals surface area contributed by atoms with Gasteiger partial charge in [0.15, 0.2) is 5.69 Å². The minimum absolute atomic E-state index is 0.143. The van der Waals surface area contributed by atoms with Gasteiger partial charge in [0.05, 0.1) is 29.3 Å². The van der Waals surface area contributed by atoms with Crippen molar-refractivity contribution in [2.24, 2.45) is 0 Å². The zero-order chi connectivity index (χ0) is 22.9. The summed E-state index contributed by atoms with van der Waals surface area (Å²) < 4.78 is 5.60. The Hall–Kier alpha value is -3.90. The number of carboxylic acids is 1. The van der Waals surface area contributed by atoms with Crippen LogP contribution in [0.2, 0.25) is 0 Å². The first-order valence-corrected chi connectivity index (χ1v) is 10.2. The number of H-pyrrole nitrogens is 1. The molecule has 0 spiro atoms. The average molecular weight is 448 g/mol. The smallest absolute Gasteiger partial charge is 0.335 e. The Morgan fingerprint density at radius 3 is 2.85 bits per heavy atom. The third-order valence-corrected chi connectivity index (χ3v) is 5.68. The first kappa shape index (κ1) is 21.0. The summed E-state index contributed by atoms with van der Waals surface area (Å²) in [6.07, 6.45) is 2.21. The molecule has 1 aliphatic rings. The molecule has 1 unspecified atom stereocenters. The summed E-state index contributed by atoms with van der Waals surface area (Å²) in [6.45, 7) is 1.11. The number of imidazole rings is 1. The largest absolute Gasteiger partial charge is 0.595 e. The minimum Gasteiger partial charge on any atom is -0.595 e. The van der Waals surface area contributed by atoms with Gasteiger partial charge in [0.25, 0.3) is 0 Å². The number of nitrogens with one attached hydrogen (secondary N) is 2. The zero-order valence-electron chi connectivity index (χ0n) is 17.3. The predicted octanol–water partition coefficient (Wildman–Crippen LogP) is 1.86. The van der Waals surface area contributed by atoms with Gasteiger partial charge in [0, 0.05) is 37.2 Å². The lowest BCUT2D eigenvalue weighted by Gasteiger charge is -2.32. The van der Waals surface area contributed by atoms with Gasteiger partial charge in [-0.2, -0.15) is 10.2 Å². The molecule has 0 amide bonds. The second-order valence-corrected chi connectivity index (χ2v) is 7.80. The van der Waals surface area contributed by atoms with Crippen LogP contribution in [0.1, 0.15) is 39.2 Å². The van der Waals surface area contributed by atoms with Crippen molar-refractivity contribution in [3.8, 4) is 11.4 Å². The quantitative estimate of drug-likeness (QED) is 0.323. The highest BCUT2D eigenvalue weighted by Gasteiger charge is 2.33. The molecule has 0 saturated carbocycles. The third-order valence-electron chi connectivity index (χ3n) is 5.68. The first-order chi connectivity index (χ1) is 16.0. The predicted molar refractivity (Wildman–Crippen MR) is 113 cm³/mol. The zero-order valence-corrected chi connectivity index (χ0v) is 17.3. The fraction of sp³-hybridized carbons (Fsp3) is 0.182. The van der Waals surface area contributed by atoms with E-state index in [1.54, 1.807) is 42.7 Å². The number of fused-ring (bicyclic) bond motifs is 1. The van der Waals surface area contributed by atoms with E-state index in [9.17, 15) is 15.2 Å². The van der Waals surface area contributed by atoms with E-state index in [-0.39, 0.29) is 17.3 Å². The second-order valence-electron chi connectivity index (χ2n) is 7.80. The van der Waals surface area contributed by atoms with Crippen molar-refractivity contribution < 1.29 is 24.9 Å². The fourth-order valence-corrected chi connectivity index (χ4v) is 3.96. The van der Waals surface area contributed by atoms with E-state index >= 15 is 0 Å². The van der Waals surface area contributed by atoms with Gasteiger partial charge in [-0.05, 0) is 17.7 Å². The molecule has 4 aromatic rings. The van der Waals surface area contributed by atoms with E-state index in [0.29, 0.717) is 36.8 Å². The van der Waals surface area contributed by atoms with Crippen molar-refractivity contribution in [2.45, 2.75) is 25.6 Å². The topological polar surface area (TPSA) is 156 Å². The first-order valence-electron chi connectivity index (χ1n) is 10.2. The summed E-state index contributed by atoms with van der Waals surface area (Å²) in [4.78, 5) is 25.4. The highest BCUT2D eigenvalue weighted by molar-refractivity contribution is 5.87. The molecular formula is C22H20N6O5. The summed E-state index contributed by atoms with van der Waals surface area (Å²) in [5, 5.41) is 32.7. The van der Waals surface area contributed by atoms with Crippen LogP contribution in [0.3, 0.4) is 0 Å². The number of carboxylic acid groups (broad SMARTS) is 1. The van der Waals surface area contributed by atoms with Crippen molar-refractivity contribution in [2.75, 3.05) is 0 Å². The minimum atomic E-state index is -1.03. The van der Waals surface area contributed by atoms with Crippen molar-refractivity contribution in [3.05, 3.63) is 88.5 Å². The molecular weight excluding hydrogens is 428 g/mol. The molecule has 3 heterocycles. The molecule has 2 aromatic heterocycles. The maximum Gasteiger partial charge on any atom is 0.335 e. The lowest BCUT2D eigenvalue weighted by Crippen LogP contribution is -2.99. The van der Waals surface area contributed by atoms with E-state index in [2.05, 4.69) is 25.0 Å². The Labute approximate surface area is 187 Å². The molecule has 0 saturated heterocycles. The van der Waals surface area contributed by atoms with E-state index < -0.39 is 11.2 Å². The number of hydrogen-bond acceptors (Lipinski definition) is 8. The van der Waals surface area contributed by atoms with Crippen LogP contribution in [-0.4, -0.2) is 41.3 Å². The van der Waals surface area contributed by atoms with E-state index in [4.69, 9.17) is 9.63 Å². The van der Waals surface area contributed by atoms with Crippen LogP contribution in [0, 0.1) is 5.21 Å². The Morgan fingerprint density at radius 1 is 1.27 bits per heavy atom. The van der Waals surface area contributed by atoms with E-state index in [0.717, 1.165) is 17.0 Å². The molecule has 33 heavy (non-hydrogen) atoms. The van der Waals surface area contributed by atoms with Crippen LogP contribution >= 0.6 is 0 Å². The van der Waals surface area contributed by atoms with Gasteiger partial charge in [-0.1, -0.05) is 29.4 Å². The molecule has 5 rings (SSSR count). The molecule has 0 radical (unpaired) electrons. The Morgan fingerprint density at radius 2 is 2.09 bits per heavy atom. The number of benzene rings is 2. The molecule has 0 aliphatic carbocycles. The Kier molecular flexibility index (Phi) is 5.44. The van der Waals surface area contributed by atoms with Crippen LogP contribution in [0.4, 0.5) is 5.69 Å². The van der Waals surface area contributed by atoms with Crippen LogP contribution < -0.4 is 5.23 Å². The molecule has 2 aromatic carbocycles. The third kappa shape index (κ3) is 4.25. The van der Waals surface area contributed by atoms with Crippen molar-refractivity contribution >= 4 is 11.7 Å². The molecule has 1 aliphatic heterocycles. The van der Waals surface area contributed by atoms with Crippen molar-refractivity contribution in [1.29, 1.82) is 0 Å². The highest BCUT2D eigenvalue weighted by Crippen LogP contribution is 2.33. The van der Waals surface area contributed by atoms with Crippen LogP contribution in [0.15, 0.2) is 59.4 Å². The monoisotopic (exact) mass is 448 g/mol. The van der Waals surface area contributed by atoms with Gasteiger partial charge in [0.1, 0.15) is 0 Å². The average Bonchev–Trinajstić information content (AvgIpc) is 3.48. The van der Waals surface area contributed by atoms with Gasteiger partial charge in [0.2, 0.25) is 11.7 Å². The summed E-state index contributed by atoms with van der Waals surface area (Å²) in [5.74, 6) is -0.252. The van der Waals surface area contributed by atoms with E-state index in [1.165, 1.54) is 12.1 Å². The normalized spacial score (nSPS) is 17.0. The number of nitrogens with zero attached hydrogens (tertiary/aromatic N) is 4. The number of aromatic carboxylic acids is 1. The van der Waals surface area contributed by atoms with Gasteiger partial charge >= 0.3 is 5.97 Å². The summed E-state index contributed by atoms with van der Waals surface area (Å²) in [6, 6.07) is 12.9. The van der Waals surface area contributed by atoms with Gasteiger partial charge in [-0.15, -0.1) is 0 Å². The Bertz CT molecular complexity index is 1280. The SMILES string of the molecule is O=C(O)c1ccc(CN2Cc3[nH]cnc3C[C@H]2c2nc(-c3cccc([NH+]([O-])O)c3)no2)cc1. The maximum atomic E-state index is 11.3. The van der Waals surface area contributed by atoms with Crippen molar-refractivity contribution in [1.82, 2.24) is 25.0 Å². The van der Waals surface area contributed by atoms with Gasteiger partial charge in [-0.25, -0.2) is 15.0 Å². The lowest BCUT2D eigenvalue weighted by molar-refractivity contribution is -0.991. The molecule has 0 fully saturated rings. The number of rotatable bonds is 6. The number of carbonyl (C=O) groups is 1. The number of aromatic amines is 1. The highest BCUT2D eigenvalue weighted by atomic mass is 16.8. The maximum absolute atomic E-state index is 11.3. The number of hydrogen-bond donors (Lipinski definition) is 4. The number of quaternary nitrogens is 1. The second kappa shape index (κ2) is 8.56. The molecule has 4 N–H and O–H groups in total. The van der Waals surface area contributed by atoms with Crippen LogP contribution in [0.5, 0.6) is 0 Å². The molecule has 11 heteroatoms. The lowest BCUT2D eigenvalue weighted by atomic mass is 10.0. The molecule has 0 bridgehead atoms. The van der Waals surface area contributed by atoms with Crippen LogP contribution in [0.25, 0.3) is 11.4 Å². The van der Waals surface area contributed by atoms with Crippen LogP contribution in [-0.2, 0) is 19.5 Å².